The standard InChI is InChI=1S/C48H31N/c1-3-13-32(14-4-1)42-27-33-15-7-8-16-34(33)28-44(42)37-24-26-48-46(31-37)45-30-36(23-25-47(45)49(48)38-18-5-2-6-19-38)43-29-35-17-9-10-20-39(35)40-21-11-12-22-41(40)43/h1-31H. The average molecular weight is 622 g/mol. The topological polar surface area (TPSA) is 4.93 Å². The summed E-state index contributed by atoms with van der Waals surface area (Å²) in [6, 6.07) is 68.9. The third-order valence-electron chi connectivity index (χ3n) is 10.1. The molecule has 0 aliphatic heterocycles. The Kier molecular flexibility index (Phi) is 6.25. The Balaban J connectivity index is 1.26. The molecule has 0 aliphatic rings. The molecule has 9 aromatic carbocycles. The van der Waals surface area contributed by atoms with Gasteiger partial charge in [0, 0.05) is 16.5 Å². The molecule has 0 N–H and O–H groups in total. The van der Waals surface area contributed by atoms with Gasteiger partial charge in [0.25, 0.3) is 0 Å². The lowest BCUT2D eigenvalue weighted by molar-refractivity contribution is 1.18. The third kappa shape index (κ3) is 4.47. The highest BCUT2D eigenvalue weighted by Crippen LogP contribution is 2.42. The van der Waals surface area contributed by atoms with E-state index in [2.05, 4.69) is 193 Å². The molecule has 49 heavy (non-hydrogen) atoms. The number of aromatic nitrogens is 1. The molecule has 0 amide bonds. The van der Waals surface area contributed by atoms with Crippen LogP contribution in [0.3, 0.4) is 0 Å². The van der Waals surface area contributed by atoms with E-state index < -0.39 is 0 Å². The maximum absolute atomic E-state index is 2.41. The van der Waals surface area contributed by atoms with Crippen LogP contribution in [-0.4, -0.2) is 4.57 Å². The first-order chi connectivity index (χ1) is 24.3. The van der Waals surface area contributed by atoms with Crippen LogP contribution in [0.4, 0.5) is 0 Å². The number of hydrogen-bond acceptors (Lipinski definition) is 0. The second-order valence-corrected chi connectivity index (χ2v) is 12.9. The highest BCUT2D eigenvalue weighted by Gasteiger charge is 2.17. The maximum Gasteiger partial charge on any atom is 0.0541 e. The zero-order chi connectivity index (χ0) is 32.3. The Hall–Kier alpha value is -6.44. The van der Waals surface area contributed by atoms with Gasteiger partial charge in [-0.2, -0.15) is 0 Å². The number of fused-ring (bicyclic) bond motifs is 7. The summed E-state index contributed by atoms with van der Waals surface area (Å²) in [5.74, 6) is 0. The smallest absolute Gasteiger partial charge is 0.0541 e. The largest absolute Gasteiger partial charge is 0.309 e. The zero-order valence-corrected chi connectivity index (χ0v) is 26.8. The second-order valence-electron chi connectivity index (χ2n) is 12.9. The molecule has 10 aromatic rings. The third-order valence-corrected chi connectivity index (χ3v) is 10.1. The Labute approximate surface area is 284 Å². The molecule has 1 aromatic heterocycles. The molecule has 1 nitrogen and oxygen atoms in total. The van der Waals surface area contributed by atoms with E-state index in [1.54, 1.807) is 0 Å². The summed E-state index contributed by atoms with van der Waals surface area (Å²) in [6.07, 6.45) is 0. The lowest BCUT2D eigenvalue weighted by Crippen LogP contribution is -1.93. The first-order valence-corrected chi connectivity index (χ1v) is 16.9. The van der Waals surface area contributed by atoms with E-state index in [0.717, 1.165) is 5.69 Å². The number of rotatable bonds is 4. The van der Waals surface area contributed by atoms with Crippen molar-refractivity contribution in [1.82, 2.24) is 4.57 Å². The molecule has 0 bridgehead atoms. The van der Waals surface area contributed by atoms with Gasteiger partial charge in [-0.15, -0.1) is 0 Å². The van der Waals surface area contributed by atoms with Crippen LogP contribution in [-0.2, 0) is 0 Å². The SMILES string of the molecule is c1ccc(-c2cc3ccccc3cc2-c2ccc3c(c2)c2cc(-c4cc5ccccc5c5ccccc45)ccc2n3-c2ccccc2)cc1. The summed E-state index contributed by atoms with van der Waals surface area (Å²) in [7, 11) is 0. The van der Waals surface area contributed by atoms with Crippen LogP contribution in [0.2, 0.25) is 0 Å². The van der Waals surface area contributed by atoms with Gasteiger partial charge < -0.3 is 4.57 Å². The van der Waals surface area contributed by atoms with Gasteiger partial charge in [0.2, 0.25) is 0 Å². The molecule has 10 rings (SSSR count). The van der Waals surface area contributed by atoms with E-state index in [0.29, 0.717) is 0 Å². The van der Waals surface area contributed by atoms with E-state index in [1.807, 2.05) is 0 Å². The lowest BCUT2D eigenvalue weighted by Gasteiger charge is -2.13. The van der Waals surface area contributed by atoms with Gasteiger partial charge in [0.05, 0.1) is 11.0 Å². The quantitative estimate of drug-likeness (QED) is 0.172. The summed E-state index contributed by atoms with van der Waals surface area (Å²) in [6.45, 7) is 0. The average Bonchev–Trinajstić information content (AvgIpc) is 3.50. The number of para-hydroxylation sites is 1. The predicted molar refractivity (Wildman–Crippen MR) is 210 cm³/mol. The minimum absolute atomic E-state index is 1.16. The van der Waals surface area contributed by atoms with E-state index >= 15 is 0 Å². The van der Waals surface area contributed by atoms with Crippen molar-refractivity contribution >= 4 is 54.1 Å². The fourth-order valence-electron chi connectivity index (χ4n) is 7.84. The normalized spacial score (nSPS) is 11.7. The molecule has 0 fully saturated rings. The Morgan fingerprint density at radius 1 is 0.265 bits per heavy atom. The van der Waals surface area contributed by atoms with Gasteiger partial charge in [0.1, 0.15) is 0 Å². The van der Waals surface area contributed by atoms with Crippen LogP contribution in [0.1, 0.15) is 0 Å². The lowest BCUT2D eigenvalue weighted by atomic mass is 9.90. The van der Waals surface area contributed by atoms with Crippen molar-refractivity contribution in [3.8, 4) is 39.1 Å². The van der Waals surface area contributed by atoms with Crippen molar-refractivity contribution < 1.29 is 0 Å². The first kappa shape index (κ1) is 27.7. The van der Waals surface area contributed by atoms with E-state index in [9.17, 15) is 0 Å². The van der Waals surface area contributed by atoms with Gasteiger partial charge in [-0.3, -0.25) is 0 Å². The highest BCUT2D eigenvalue weighted by molar-refractivity contribution is 6.16. The van der Waals surface area contributed by atoms with Gasteiger partial charge in [-0.25, -0.2) is 0 Å². The van der Waals surface area contributed by atoms with Crippen LogP contribution in [0.25, 0.3) is 93.2 Å². The Morgan fingerprint density at radius 2 is 0.735 bits per heavy atom. The summed E-state index contributed by atoms with van der Waals surface area (Å²) < 4.78 is 2.41. The van der Waals surface area contributed by atoms with Gasteiger partial charge in [-0.05, 0) is 120 Å². The minimum Gasteiger partial charge on any atom is -0.309 e. The summed E-state index contributed by atoms with van der Waals surface area (Å²) in [5.41, 5.74) is 11.0. The van der Waals surface area contributed by atoms with Gasteiger partial charge >= 0.3 is 0 Å². The molecular formula is C48H31N. The first-order valence-electron chi connectivity index (χ1n) is 16.9. The molecule has 0 saturated heterocycles. The molecule has 228 valence electrons. The Bertz CT molecular complexity index is 2860. The maximum atomic E-state index is 2.41. The van der Waals surface area contributed by atoms with Crippen molar-refractivity contribution in [3.63, 3.8) is 0 Å². The number of nitrogens with zero attached hydrogens (tertiary/aromatic N) is 1. The zero-order valence-electron chi connectivity index (χ0n) is 26.8. The Morgan fingerprint density at radius 3 is 1.39 bits per heavy atom. The van der Waals surface area contributed by atoms with E-state index in [4.69, 9.17) is 0 Å². The predicted octanol–water partition coefficient (Wildman–Crippen LogP) is 13.2. The van der Waals surface area contributed by atoms with Crippen molar-refractivity contribution in [2.24, 2.45) is 0 Å². The second kappa shape index (κ2) is 11.1. The molecule has 0 radical (unpaired) electrons. The van der Waals surface area contributed by atoms with Crippen molar-refractivity contribution in [2.75, 3.05) is 0 Å². The minimum atomic E-state index is 1.16. The molecule has 0 spiro atoms. The van der Waals surface area contributed by atoms with Gasteiger partial charge in [0.15, 0.2) is 0 Å². The molecule has 0 unspecified atom stereocenters. The van der Waals surface area contributed by atoms with Crippen LogP contribution in [0, 0.1) is 0 Å². The fourth-order valence-corrected chi connectivity index (χ4v) is 7.84. The van der Waals surface area contributed by atoms with E-state index in [-0.39, 0.29) is 0 Å². The van der Waals surface area contributed by atoms with E-state index in [1.165, 1.54) is 87.5 Å². The molecule has 1 heterocycles. The summed E-state index contributed by atoms with van der Waals surface area (Å²) >= 11 is 0. The molecule has 0 aliphatic carbocycles. The monoisotopic (exact) mass is 621 g/mol. The number of benzene rings is 9. The van der Waals surface area contributed by atoms with Crippen LogP contribution < -0.4 is 0 Å². The van der Waals surface area contributed by atoms with Crippen molar-refractivity contribution in [3.05, 3.63) is 188 Å². The van der Waals surface area contributed by atoms with Crippen molar-refractivity contribution in [2.45, 2.75) is 0 Å². The molecule has 0 atom stereocenters. The summed E-state index contributed by atoms with van der Waals surface area (Å²) in [5, 5.41) is 10.1. The summed E-state index contributed by atoms with van der Waals surface area (Å²) in [4.78, 5) is 0. The molecule has 1 heteroatoms. The van der Waals surface area contributed by atoms with Crippen LogP contribution >= 0.6 is 0 Å². The highest BCUT2D eigenvalue weighted by atomic mass is 15.0. The fraction of sp³-hybridized carbons (Fsp3) is 0. The van der Waals surface area contributed by atoms with Crippen LogP contribution in [0.15, 0.2) is 188 Å². The molecular weight excluding hydrogens is 591 g/mol. The number of hydrogen-bond donors (Lipinski definition) is 0. The molecule has 0 saturated carbocycles. The van der Waals surface area contributed by atoms with Crippen molar-refractivity contribution in [1.29, 1.82) is 0 Å². The van der Waals surface area contributed by atoms with Gasteiger partial charge in [-0.1, -0.05) is 133 Å². The van der Waals surface area contributed by atoms with Crippen LogP contribution in [0.5, 0.6) is 0 Å².